The fraction of sp³-hybridized carbons (Fsp3) is 0.556. The molecule has 5 nitrogen and oxygen atoms in total. The smallest absolute Gasteiger partial charge is 0.308 e. The molecule has 1 unspecified atom stereocenters. The number of likely N-dealkylation sites (tertiary alicyclic amines) is 1. The molecule has 1 aliphatic rings. The predicted molar refractivity (Wildman–Crippen MR) is 89.3 cm³/mol. The third-order valence-corrected chi connectivity index (χ3v) is 4.17. The summed E-state index contributed by atoms with van der Waals surface area (Å²) in [5.74, 6) is 0.612. The Bertz CT molecular complexity index is 575. The Balaban J connectivity index is 2.01. The van der Waals surface area contributed by atoms with Gasteiger partial charge in [-0.05, 0) is 50.4 Å². The number of ether oxygens (including phenoxy) is 1. The first-order chi connectivity index (χ1) is 10.9. The van der Waals surface area contributed by atoms with Crippen LogP contribution in [0.2, 0.25) is 0 Å². The molecular formula is C18H26N2O3. The average molecular weight is 318 g/mol. The molecule has 0 aromatic heterocycles. The number of carbonyl (C=O) groups excluding carboxylic acids is 2. The highest BCUT2D eigenvalue weighted by molar-refractivity contribution is 5.79. The van der Waals surface area contributed by atoms with Crippen LogP contribution in [0.3, 0.4) is 0 Å². The summed E-state index contributed by atoms with van der Waals surface area (Å²) in [4.78, 5) is 25.4. The highest BCUT2D eigenvalue weighted by atomic mass is 16.5. The van der Waals surface area contributed by atoms with E-state index in [1.54, 1.807) is 0 Å². The second kappa shape index (κ2) is 7.59. The first-order valence-corrected chi connectivity index (χ1v) is 8.19. The number of hydrogen-bond donors (Lipinski definition) is 1. The van der Waals surface area contributed by atoms with Gasteiger partial charge in [0, 0.05) is 26.6 Å². The van der Waals surface area contributed by atoms with Gasteiger partial charge in [-0.15, -0.1) is 0 Å². The van der Waals surface area contributed by atoms with Crippen molar-refractivity contribution in [3.8, 4) is 5.75 Å². The zero-order valence-electron chi connectivity index (χ0n) is 14.4. The molecule has 1 heterocycles. The van der Waals surface area contributed by atoms with Crippen LogP contribution in [0.4, 0.5) is 0 Å². The molecule has 1 fully saturated rings. The van der Waals surface area contributed by atoms with Crippen molar-refractivity contribution in [2.24, 2.45) is 5.92 Å². The minimum atomic E-state index is -0.298. The number of carbonyl (C=O) groups is 2. The van der Waals surface area contributed by atoms with E-state index in [2.05, 4.69) is 22.3 Å². The Morgan fingerprint density at radius 1 is 1.30 bits per heavy atom. The minimum absolute atomic E-state index is 0.0949. The summed E-state index contributed by atoms with van der Waals surface area (Å²) in [6.07, 6.45) is 0.912. The lowest BCUT2D eigenvalue weighted by molar-refractivity contribution is -0.132. The molecule has 1 aromatic carbocycles. The number of benzene rings is 1. The van der Waals surface area contributed by atoms with Crippen LogP contribution in [0.15, 0.2) is 12.1 Å². The quantitative estimate of drug-likeness (QED) is 0.668. The third-order valence-electron chi connectivity index (χ3n) is 4.17. The topological polar surface area (TPSA) is 58.6 Å². The van der Waals surface area contributed by atoms with Crippen molar-refractivity contribution < 1.29 is 14.3 Å². The summed E-state index contributed by atoms with van der Waals surface area (Å²) in [6, 6.07) is 4.12. The van der Waals surface area contributed by atoms with Crippen LogP contribution in [-0.4, -0.2) is 36.4 Å². The van der Waals surface area contributed by atoms with Gasteiger partial charge in [0.15, 0.2) is 0 Å². The lowest BCUT2D eigenvalue weighted by Crippen LogP contribution is -2.32. The second-order valence-electron chi connectivity index (χ2n) is 6.27. The molecule has 1 aliphatic heterocycles. The fourth-order valence-corrected chi connectivity index (χ4v) is 3.20. The maximum Gasteiger partial charge on any atom is 0.308 e. The normalized spacial score (nSPS) is 18.0. The molecule has 0 bridgehead atoms. The van der Waals surface area contributed by atoms with Crippen LogP contribution >= 0.6 is 0 Å². The van der Waals surface area contributed by atoms with E-state index in [9.17, 15) is 9.59 Å². The zero-order valence-corrected chi connectivity index (χ0v) is 14.4. The molecule has 1 aromatic rings. The van der Waals surface area contributed by atoms with Gasteiger partial charge in [0.1, 0.15) is 5.75 Å². The Morgan fingerprint density at radius 2 is 1.96 bits per heavy atom. The number of aryl methyl sites for hydroxylation is 2. The lowest BCUT2D eigenvalue weighted by atomic mass is 10.1. The number of rotatable bonds is 5. The van der Waals surface area contributed by atoms with E-state index in [1.807, 2.05) is 20.8 Å². The fourth-order valence-electron chi connectivity index (χ4n) is 3.20. The molecule has 2 rings (SSSR count). The summed E-state index contributed by atoms with van der Waals surface area (Å²) in [6.45, 7) is 10.5. The minimum Gasteiger partial charge on any atom is -0.426 e. The molecular weight excluding hydrogens is 292 g/mol. The van der Waals surface area contributed by atoms with E-state index in [4.69, 9.17) is 4.74 Å². The van der Waals surface area contributed by atoms with Crippen molar-refractivity contribution in [1.82, 2.24) is 10.2 Å². The second-order valence-corrected chi connectivity index (χ2v) is 6.27. The maximum atomic E-state index is 11.9. The van der Waals surface area contributed by atoms with Gasteiger partial charge in [0.25, 0.3) is 0 Å². The van der Waals surface area contributed by atoms with Crippen LogP contribution in [-0.2, 0) is 16.1 Å². The van der Waals surface area contributed by atoms with E-state index in [0.29, 0.717) is 12.3 Å². The van der Waals surface area contributed by atoms with Gasteiger partial charge in [-0.2, -0.15) is 0 Å². The number of esters is 1. The summed E-state index contributed by atoms with van der Waals surface area (Å²) < 4.78 is 5.27. The standard InChI is InChI=1S/C18H26N2O3/c1-5-19-18(22)16-6-7-20(11-16)10-15-8-12(2)17(13(3)9-15)23-14(4)21/h8-9,16H,5-7,10-11H2,1-4H3,(H,19,22). The zero-order chi connectivity index (χ0) is 17.0. The Kier molecular flexibility index (Phi) is 5.77. The van der Waals surface area contributed by atoms with Gasteiger partial charge in [-0.25, -0.2) is 0 Å². The van der Waals surface area contributed by atoms with Crippen LogP contribution < -0.4 is 10.1 Å². The molecule has 0 aliphatic carbocycles. The summed E-state index contributed by atoms with van der Waals surface area (Å²) in [5, 5.41) is 2.90. The van der Waals surface area contributed by atoms with Gasteiger partial charge < -0.3 is 10.1 Å². The Labute approximate surface area is 138 Å². The average Bonchev–Trinajstić information content (AvgIpc) is 2.91. The molecule has 1 N–H and O–H groups in total. The van der Waals surface area contributed by atoms with E-state index >= 15 is 0 Å². The molecule has 1 atom stereocenters. The van der Waals surface area contributed by atoms with Gasteiger partial charge in [-0.1, -0.05) is 12.1 Å². The van der Waals surface area contributed by atoms with Gasteiger partial charge in [0.05, 0.1) is 5.92 Å². The summed E-state index contributed by atoms with van der Waals surface area (Å²) in [7, 11) is 0. The highest BCUT2D eigenvalue weighted by Gasteiger charge is 2.27. The Hall–Kier alpha value is -1.88. The van der Waals surface area contributed by atoms with Crippen molar-refractivity contribution in [2.45, 2.75) is 40.7 Å². The number of hydrogen-bond acceptors (Lipinski definition) is 4. The number of nitrogens with zero attached hydrogens (tertiary/aromatic N) is 1. The molecule has 126 valence electrons. The van der Waals surface area contributed by atoms with Crippen molar-refractivity contribution >= 4 is 11.9 Å². The molecule has 0 spiro atoms. The van der Waals surface area contributed by atoms with E-state index in [-0.39, 0.29) is 17.8 Å². The lowest BCUT2D eigenvalue weighted by Gasteiger charge is -2.18. The Morgan fingerprint density at radius 3 is 2.52 bits per heavy atom. The molecule has 0 saturated carbocycles. The van der Waals surface area contributed by atoms with E-state index < -0.39 is 0 Å². The van der Waals surface area contributed by atoms with Crippen molar-refractivity contribution in [2.75, 3.05) is 19.6 Å². The molecule has 1 saturated heterocycles. The van der Waals surface area contributed by atoms with Crippen molar-refractivity contribution in [3.63, 3.8) is 0 Å². The first kappa shape index (κ1) is 17.5. The first-order valence-electron chi connectivity index (χ1n) is 8.19. The van der Waals surface area contributed by atoms with E-state index in [1.165, 1.54) is 12.5 Å². The van der Waals surface area contributed by atoms with Gasteiger partial charge in [-0.3, -0.25) is 14.5 Å². The number of nitrogens with one attached hydrogen (secondary N) is 1. The van der Waals surface area contributed by atoms with Crippen molar-refractivity contribution in [3.05, 3.63) is 28.8 Å². The van der Waals surface area contributed by atoms with Crippen LogP contribution in [0, 0.1) is 19.8 Å². The van der Waals surface area contributed by atoms with Crippen molar-refractivity contribution in [1.29, 1.82) is 0 Å². The van der Waals surface area contributed by atoms with Gasteiger partial charge in [0.2, 0.25) is 5.91 Å². The monoisotopic (exact) mass is 318 g/mol. The number of amides is 1. The van der Waals surface area contributed by atoms with Crippen LogP contribution in [0.5, 0.6) is 5.75 Å². The predicted octanol–water partition coefficient (Wildman–Crippen LogP) is 2.19. The third kappa shape index (κ3) is 4.55. The largest absolute Gasteiger partial charge is 0.426 e. The molecule has 23 heavy (non-hydrogen) atoms. The molecule has 5 heteroatoms. The summed E-state index contributed by atoms with van der Waals surface area (Å²) in [5.41, 5.74) is 3.12. The maximum absolute atomic E-state index is 11.9. The molecule has 1 amide bonds. The van der Waals surface area contributed by atoms with Gasteiger partial charge >= 0.3 is 5.97 Å². The molecule has 0 radical (unpaired) electrons. The van der Waals surface area contributed by atoms with Crippen LogP contribution in [0.25, 0.3) is 0 Å². The van der Waals surface area contributed by atoms with Crippen LogP contribution in [0.1, 0.15) is 37.0 Å². The highest BCUT2D eigenvalue weighted by Crippen LogP contribution is 2.27. The van der Waals surface area contributed by atoms with E-state index in [0.717, 1.165) is 37.2 Å². The SMILES string of the molecule is CCNC(=O)C1CCN(Cc2cc(C)c(OC(C)=O)c(C)c2)C1. The summed E-state index contributed by atoms with van der Waals surface area (Å²) >= 11 is 0.